The van der Waals surface area contributed by atoms with Crippen LogP contribution in [0.1, 0.15) is 50.3 Å². The van der Waals surface area contributed by atoms with Crippen molar-refractivity contribution in [2.24, 2.45) is 17.6 Å². The minimum Gasteiger partial charge on any atom is -0.508 e. The summed E-state index contributed by atoms with van der Waals surface area (Å²) in [7, 11) is 4.84. The summed E-state index contributed by atoms with van der Waals surface area (Å²) in [6.07, 6.45) is 0.383. The zero-order chi connectivity index (χ0) is 30.9. The molecule has 1 aromatic carbocycles. The van der Waals surface area contributed by atoms with Crippen molar-refractivity contribution in [3.05, 3.63) is 44.7 Å². The predicted octanol–water partition coefficient (Wildman–Crippen LogP) is 1.81. The standard InChI is InChI=1S/C29H36ClN3O8/c1-7-17(35)28(2,3)33(6)11-13-10-16(34)19-14(21(13)30)8-12-9-15-22(32(4)5)24(37)20(27(31)40)26(39)29(15,41)25(38)18(12)23(19)36/h10,12,15,22,34,36,39,41H,7-9,11H2,1-6H3,(H2,31,40)/t12-,15-,22-,29?/m0/s1. The van der Waals surface area contributed by atoms with Crippen molar-refractivity contribution in [3.63, 3.8) is 0 Å². The van der Waals surface area contributed by atoms with E-state index in [-0.39, 0.29) is 47.1 Å². The zero-order valence-electron chi connectivity index (χ0n) is 23.9. The summed E-state index contributed by atoms with van der Waals surface area (Å²) in [4.78, 5) is 55.0. The summed E-state index contributed by atoms with van der Waals surface area (Å²) >= 11 is 6.83. The normalized spacial score (nSPS) is 26.3. The smallest absolute Gasteiger partial charge is 0.255 e. The van der Waals surface area contributed by atoms with Gasteiger partial charge in [-0.25, -0.2) is 0 Å². The van der Waals surface area contributed by atoms with Crippen LogP contribution in [0.5, 0.6) is 5.75 Å². The molecule has 4 rings (SSSR count). The minimum atomic E-state index is -2.70. The van der Waals surface area contributed by atoms with Crippen LogP contribution in [0, 0.1) is 11.8 Å². The maximum atomic E-state index is 13.9. The second-order valence-electron chi connectivity index (χ2n) is 11.9. The van der Waals surface area contributed by atoms with Crippen LogP contribution in [0.25, 0.3) is 5.76 Å². The molecule has 0 aliphatic heterocycles. The van der Waals surface area contributed by atoms with Crippen LogP contribution < -0.4 is 5.73 Å². The monoisotopic (exact) mass is 589 g/mol. The fourth-order valence-electron chi connectivity index (χ4n) is 6.56. The molecule has 0 spiro atoms. The number of aromatic hydroxyl groups is 1. The second-order valence-corrected chi connectivity index (χ2v) is 12.3. The fourth-order valence-corrected chi connectivity index (χ4v) is 6.85. The lowest BCUT2D eigenvalue weighted by Gasteiger charge is -2.50. The number of nitrogens with zero attached hydrogens (tertiary/aromatic N) is 2. The van der Waals surface area contributed by atoms with E-state index in [1.54, 1.807) is 32.7 Å². The van der Waals surface area contributed by atoms with E-state index in [0.717, 1.165) is 0 Å². The second kappa shape index (κ2) is 10.2. The number of carbonyl (C=O) groups excluding carboxylic acids is 4. The summed E-state index contributed by atoms with van der Waals surface area (Å²) in [5.41, 5.74) is 1.51. The number of primary amides is 1. The van der Waals surface area contributed by atoms with E-state index in [2.05, 4.69) is 0 Å². The largest absolute Gasteiger partial charge is 0.508 e. The molecule has 222 valence electrons. The van der Waals surface area contributed by atoms with E-state index in [1.165, 1.54) is 25.1 Å². The Labute approximate surface area is 242 Å². The van der Waals surface area contributed by atoms with E-state index in [9.17, 15) is 39.6 Å². The number of carbonyl (C=O) groups is 4. The Morgan fingerprint density at radius 3 is 2.32 bits per heavy atom. The lowest BCUT2D eigenvalue weighted by Crippen LogP contribution is -2.65. The lowest BCUT2D eigenvalue weighted by atomic mass is 9.57. The van der Waals surface area contributed by atoms with Gasteiger partial charge in [0.25, 0.3) is 5.91 Å². The van der Waals surface area contributed by atoms with Gasteiger partial charge in [0.15, 0.2) is 17.2 Å². The molecule has 0 aromatic heterocycles. The molecule has 1 aromatic rings. The number of amides is 1. The molecule has 41 heavy (non-hydrogen) atoms. The molecule has 0 heterocycles. The molecule has 3 aliphatic rings. The van der Waals surface area contributed by atoms with Crippen molar-refractivity contribution in [2.45, 2.75) is 63.8 Å². The Morgan fingerprint density at radius 1 is 1.17 bits per heavy atom. The summed E-state index contributed by atoms with van der Waals surface area (Å²) in [6.45, 7) is 5.56. The Balaban J connectivity index is 1.86. The van der Waals surface area contributed by atoms with Crippen LogP contribution in [0.15, 0.2) is 23.0 Å². The quantitative estimate of drug-likeness (QED) is 0.294. The average molecular weight is 590 g/mol. The van der Waals surface area contributed by atoms with Gasteiger partial charge in [-0.2, -0.15) is 0 Å². The Kier molecular flexibility index (Phi) is 7.66. The predicted molar refractivity (Wildman–Crippen MR) is 150 cm³/mol. The summed E-state index contributed by atoms with van der Waals surface area (Å²) in [5, 5.41) is 45.2. The van der Waals surface area contributed by atoms with Gasteiger partial charge >= 0.3 is 0 Å². The third-order valence-electron chi connectivity index (χ3n) is 9.09. The van der Waals surface area contributed by atoms with Crippen LogP contribution in [-0.2, 0) is 32.1 Å². The van der Waals surface area contributed by atoms with E-state index >= 15 is 0 Å². The number of hydrogen-bond donors (Lipinski definition) is 5. The average Bonchev–Trinajstić information content (AvgIpc) is 2.87. The van der Waals surface area contributed by atoms with E-state index in [0.29, 0.717) is 17.5 Å². The van der Waals surface area contributed by atoms with Gasteiger partial charge in [0.1, 0.15) is 22.8 Å². The topological polar surface area (TPSA) is 182 Å². The lowest BCUT2D eigenvalue weighted by molar-refractivity contribution is -0.153. The first-order valence-electron chi connectivity index (χ1n) is 13.3. The minimum absolute atomic E-state index is 0.0194. The molecule has 0 radical (unpaired) electrons. The summed E-state index contributed by atoms with van der Waals surface area (Å²) in [5.74, 6) is -7.20. The number of Topliss-reactive ketones (excluding diaryl/α,β-unsaturated/α-hetero) is 3. The number of halogens is 1. The highest BCUT2D eigenvalue weighted by Gasteiger charge is 2.64. The molecule has 1 fully saturated rings. The number of likely N-dealkylation sites (N-methyl/N-ethyl adjacent to an activating group) is 2. The van der Waals surface area contributed by atoms with Gasteiger partial charge in [-0.05, 0) is 70.9 Å². The molecule has 4 atom stereocenters. The molecular formula is C29H36ClN3O8. The van der Waals surface area contributed by atoms with Gasteiger partial charge in [-0.1, -0.05) is 18.5 Å². The number of aliphatic hydroxyl groups is 3. The van der Waals surface area contributed by atoms with Crippen molar-refractivity contribution in [3.8, 4) is 5.75 Å². The molecule has 3 aliphatic carbocycles. The van der Waals surface area contributed by atoms with Gasteiger partial charge in [-0.15, -0.1) is 0 Å². The van der Waals surface area contributed by atoms with Crippen LogP contribution >= 0.6 is 11.6 Å². The highest BCUT2D eigenvalue weighted by Crippen LogP contribution is 2.53. The molecule has 1 saturated carbocycles. The Morgan fingerprint density at radius 2 is 1.78 bits per heavy atom. The SMILES string of the molecule is CCC(=O)C(C)(C)N(C)Cc1cc(O)c2c(c1Cl)C[C@H]1C[C@H]3[C@H](N(C)C)C(=O)C(C(N)=O)=C(O)C3(O)C(=O)C1=C2O. The number of phenols is 1. The number of fused-ring (bicyclic) bond motifs is 3. The van der Waals surface area contributed by atoms with Crippen molar-refractivity contribution in [1.82, 2.24) is 9.80 Å². The number of aliphatic hydroxyl groups excluding tert-OH is 2. The molecule has 0 saturated heterocycles. The first-order valence-corrected chi connectivity index (χ1v) is 13.7. The van der Waals surface area contributed by atoms with Crippen LogP contribution in [0.3, 0.4) is 0 Å². The van der Waals surface area contributed by atoms with Crippen molar-refractivity contribution >= 4 is 40.6 Å². The van der Waals surface area contributed by atoms with Crippen LogP contribution in [0.2, 0.25) is 5.02 Å². The Bertz CT molecular complexity index is 1450. The molecule has 1 amide bonds. The summed E-state index contributed by atoms with van der Waals surface area (Å²) in [6, 6.07) is 0.186. The van der Waals surface area contributed by atoms with E-state index in [4.69, 9.17) is 17.3 Å². The molecule has 6 N–H and O–H groups in total. The highest BCUT2D eigenvalue weighted by molar-refractivity contribution is 6.32. The van der Waals surface area contributed by atoms with Crippen molar-refractivity contribution in [1.29, 1.82) is 0 Å². The van der Waals surface area contributed by atoms with E-state index < -0.39 is 63.6 Å². The van der Waals surface area contributed by atoms with E-state index in [1.807, 2.05) is 0 Å². The van der Waals surface area contributed by atoms with Crippen LogP contribution in [0.4, 0.5) is 0 Å². The third kappa shape index (κ3) is 4.37. The van der Waals surface area contributed by atoms with Gasteiger partial charge in [0, 0.05) is 29.5 Å². The number of rotatable bonds is 7. The third-order valence-corrected chi connectivity index (χ3v) is 9.57. The number of benzene rings is 1. The first-order chi connectivity index (χ1) is 18.9. The zero-order valence-corrected chi connectivity index (χ0v) is 24.7. The fraction of sp³-hybridized carbons (Fsp3) is 0.517. The first kappa shape index (κ1) is 30.7. The molecule has 11 nitrogen and oxygen atoms in total. The number of hydrogen-bond acceptors (Lipinski definition) is 10. The van der Waals surface area contributed by atoms with Gasteiger partial charge in [0.05, 0.1) is 17.1 Å². The summed E-state index contributed by atoms with van der Waals surface area (Å²) < 4.78 is 0. The van der Waals surface area contributed by atoms with Crippen molar-refractivity contribution < 1.29 is 39.6 Å². The van der Waals surface area contributed by atoms with Crippen molar-refractivity contribution in [2.75, 3.05) is 21.1 Å². The Hall–Kier alpha value is -3.25. The molecular weight excluding hydrogens is 554 g/mol. The number of nitrogens with two attached hydrogens (primary N) is 1. The maximum absolute atomic E-state index is 13.9. The number of phenolic OH excluding ortho intramolecular Hbond substituents is 1. The van der Waals surface area contributed by atoms with Crippen LogP contribution in [-0.4, -0.2) is 91.8 Å². The molecule has 12 heteroatoms. The molecule has 0 bridgehead atoms. The van der Waals surface area contributed by atoms with Gasteiger partial charge < -0.3 is 26.2 Å². The maximum Gasteiger partial charge on any atom is 0.255 e. The molecule has 1 unspecified atom stereocenters. The van der Waals surface area contributed by atoms with Gasteiger partial charge in [-0.3, -0.25) is 29.0 Å². The number of ketones is 3. The van der Waals surface area contributed by atoms with Gasteiger partial charge in [0.2, 0.25) is 5.78 Å². The highest BCUT2D eigenvalue weighted by atomic mass is 35.5.